The molecule has 37 heavy (non-hydrogen) atoms. The summed E-state index contributed by atoms with van der Waals surface area (Å²) in [7, 11) is -3.26. The highest BCUT2D eigenvalue weighted by molar-refractivity contribution is 8.00. The van der Waals surface area contributed by atoms with Crippen molar-refractivity contribution in [3.63, 3.8) is 0 Å². The number of thiophene rings is 2. The monoisotopic (exact) mass is 578 g/mol. The van der Waals surface area contributed by atoms with Crippen molar-refractivity contribution in [3.05, 3.63) is 61.3 Å². The van der Waals surface area contributed by atoms with E-state index in [2.05, 4.69) is 6.92 Å². The van der Waals surface area contributed by atoms with Gasteiger partial charge in [-0.05, 0) is 94.0 Å². The van der Waals surface area contributed by atoms with Gasteiger partial charge in [-0.25, -0.2) is 8.42 Å². The number of hydrogen-bond acceptors (Lipinski definition) is 8. The summed E-state index contributed by atoms with van der Waals surface area (Å²) in [6.45, 7) is 8.02. The van der Waals surface area contributed by atoms with Crippen LogP contribution in [-0.4, -0.2) is 37.6 Å². The number of rotatable bonds is 2. The maximum atomic E-state index is 11.7. The van der Waals surface area contributed by atoms with E-state index in [1.54, 1.807) is 35.2 Å². The molecule has 2 aliphatic rings. The smallest absolute Gasteiger partial charge is 0.185 e. The van der Waals surface area contributed by atoms with E-state index in [4.69, 9.17) is 5.11 Å². The van der Waals surface area contributed by atoms with Gasteiger partial charge in [-0.3, -0.25) is 9.59 Å². The first-order valence-electron chi connectivity index (χ1n) is 12.2. The Bertz CT molecular complexity index is 1430. The van der Waals surface area contributed by atoms with Crippen molar-refractivity contribution in [2.45, 2.75) is 74.6 Å². The number of carbonyl (C=O) groups is 2. The van der Waals surface area contributed by atoms with Gasteiger partial charge >= 0.3 is 0 Å². The minimum absolute atomic E-state index is 0.0129. The fourth-order valence-corrected chi connectivity index (χ4v) is 9.13. The van der Waals surface area contributed by atoms with Gasteiger partial charge in [0.15, 0.2) is 21.4 Å². The minimum atomic E-state index is -3.26. The van der Waals surface area contributed by atoms with Crippen LogP contribution in [0, 0.1) is 27.7 Å². The topological polar surface area (TPSA) is 88.5 Å². The molecule has 0 radical (unpaired) electrons. The number of fused-ring (bicyclic) bond motifs is 2. The van der Waals surface area contributed by atoms with Gasteiger partial charge in [0.1, 0.15) is 9.96 Å². The highest BCUT2D eigenvalue weighted by Crippen LogP contribution is 2.39. The predicted octanol–water partition coefficient (Wildman–Crippen LogP) is 7.29. The molecule has 0 amide bonds. The van der Waals surface area contributed by atoms with Crippen LogP contribution in [0.25, 0.3) is 0 Å². The third-order valence-corrected chi connectivity index (χ3v) is 11.8. The third kappa shape index (κ3) is 6.93. The summed E-state index contributed by atoms with van der Waals surface area (Å²) in [5.74, 6) is 0.689. The summed E-state index contributed by atoms with van der Waals surface area (Å²) >= 11 is 4.71. The zero-order valence-corrected chi connectivity index (χ0v) is 25.5. The summed E-state index contributed by atoms with van der Waals surface area (Å²) in [5.41, 5.74) is 6.15. The van der Waals surface area contributed by atoms with E-state index in [-0.39, 0.29) is 9.99 Å². The molecule has 0 saturated heterocycles. The molecular weight excluding hydrogens is 545 g/mol. The molecule has 0 aliphatic heterocycles. The van der Waals surface area contributed by atoms with E-state index in [0.717, 1.165) is 53.7 Å². The van der Waals surface area contributed by atoms with Crippen LogP contribution in [0.5, 0.6) is 5.75 Å². The number of phenols is 1. The van der Waals surface area contributed by atoms with Gasteiger partial charge in [0, 0.05) is 34.4 Å². The first-order chi connectivity index (χ1) is 17.3. The first-order valence-corrected chi connectivity index (χ1v) is 16.9. The molecule has 0 spiro atoms. The number of thioether (sulfide) groups is 1. The van der Waals surface area contributed by atoms with Gasteiger partial charge in [0.05, 0.1) is 9.77 Å². The van der Waals surface area contributed by atoms with E-state index >= 15 is 0 Å². The lowest BCUT2D eigenvalue weighted by Gasteiger charge is -2.11. The van der Waals surface area contributed by atoms with E-state index in [1.165, 1.54) is 37.8 Å². The Morgan fingerprint density at radius 1 is 0.811 bits per heavy atom. The Balaban J connectivity index is 0.000000159. The maximum absolute atomic E-state index is 11.7. The largest absolute Gasteiger partial charge is 0.508 e. The summed E-state index contributed by atoms with van der Waals surface area (Å²) in [5, 5.41) is 8.94. The number of aromatic hydroxyl groups is 1. The number of benzene rings is 1. The Hall–Kier alpha value is -1.94. The summed E-state index contributed by atoms with van der Waals surface area (Å²) in [4.78, 5) is 25.7. The van der Waals surface area contributed by atoms with Crippen molar-refractivity contribution < 1.29 is 23.1 Å². The number of ketones is 2. The molecule has 200 valence electrons. The Labute approximate surface area is 232 Å². The van der Waals surface area contributed by atoms with Crippen LogP contribution in [0.2, 0.25) is 0 Å². The van der Waals surface area contributed by atoms with Crippen LogP contribution in [0.3, 0.4) is 0 Å². The average Bonchev–Trinajstić information content (AvgIpc) is 3.36. The van der Waals surface area contributed by atoms with E-state index in [9.17, 15) is 18.0 Å². The van der Waals surface area contributed by atoms with Crippen molar-refractivity contribution in [1.82, 2.24) is 0 Å². The standard InChI is InChI=1S/C10H12O3S2.C10H12OS2.C8H10O/c1-6-7-4-3-5-8(11)9(7)10(14-6)15(2,12)13;1-6-7-4-3-5-8(11)9(7)10(12-2)13-6;1-6-3-4-8(9)5-7(6)2/h3-5H2,1-2H3;3-5H2,1-2H3;3-5,9H,1-2H3. The van der Waals surface area contributed by atoms with E-state index < -0.39 is 9.84 Å². The third-order valence-electron chi connectivity index (χ3n) is 6.58. The number of carbonyl (C=O) groups excluding carboxylic acids is 2. The van der Waals surface area contributed by atoms with Crippen molar-refractivity contribution in [1.29, 1.82) is 0 Å². The van der Waals surface area contributed by atoms with Crippen LogP contribution in [0.4, 0.5) is 0 Å². The zero-order chi connectivity index (χ0) is 27.5. The summed E-state index contributed by atoms with van der Waals surface area (Å²) in [6, 6.07) is 5.36. The lowest BCUT2D eigenvalue weighted by Crippen LogP contribution is -2.12. The van der Waals surface area contributed by atoms with Crippen LogP contribution in [0.15, 0.2) is 26.6 Å². The Morgan fingerprint density at radius 2 is 1.35 bits per heavy atom. The molecule has 0 fully saturated rings. The summed E-state index contributed by atoms with van der Waals surface area (Å²) < 4.78 is 24.5. The molecule has 2 aliphatic carbocycles. The van der Waals surface area contributed by atoms with Crippen LogP contribution in [0.1, 0.15) is 78.4 Å². The van der Waals surface area contributed by atoms with Gasteiger partial charge in [0.25, 0.3) is 0 Å². The number of aryl methyl sites for hydroxylation is 4. The average molecular weight is 579 g/mol. The highest BCUT2D eigenvalue weighted by Gasteiger charge is 2.29. The maximum Gasteiger partial charge on any atom is 0.185 e. The molecule has 0 atom stereocenters. The molecule has 1 aromatic carbocycles. The molecule has 2 aromatic heterocycles. The van der Waals surface area contributed by atoms with Crippen molar-refractivity contribution >= 4 is 55.8 Å². The molecule has 1 N–H and O–H groups in total. The van der Waals surface area contributed by atoms with Gasteiger partial charge in [-0.15, -0.1) is 34.4 Å². The van der Waals surface area contributed by atoms with Gasteiger partial charge < -0.3 is 5.11 Å². The fraction of sp³-hybridized carbons (Fsp3) is 0.429. The normalized spacial score (nSPS) is 14.6. The van der Waals surface area contributed by atoms with Gasteiger partial charge in [-0.1, -0.05) is 6.07 Å². The Morgan fingerprint density at radius 3 is 1.86 bits per heavy atom. The predicted molar refractivity (Wildman–Crippen MR) is 155 cm³/mol. The number of hydrogen-bond donors (Lipinski definition) is 1. The number of Topliss-reactive ketones (excluding diaryl/α,β-unsaturated/α-hetero) is 2. The Kier molecular flexibility index (Phi) is 9.83. The number of phenolic OH excluding ortho intramolecular Hbond substituents is 1. The summed E-state index contributed by atoms with van der Waals surface area (Å²) in [6.07, 6.45) is 8.25. The first kappa shape index (κ1) is 29.6. The van der Waals surface area contributed by atoms with Crippen LogP contribution < -0.4 is 0 Å². The van der Waals surface area contributed by atoms with Crippen molar-refractivity contribution in [2.75, 3.05) is 12.5 Å². The second-order valence-corrected chi connectivity index (χ2v) is 15.1. The van der Waals surface area contributed by atoms with Crippen LogP contribution in [-0.2, 0) is 22.7 Å². The molecule has 0 unspecified atom stereocenters. The SMILES string of the molecule is CSc1sc(C)c2c1C(=O)CCC2.Cc1ccc(O)cc1C.Cc1sc(S(C)(=O)=O)c2c1CCCC2=O. The lowest BCUT2D eigenvalue weighted by molar-refractivity contribution is 0.0962. The van der Waals surface area contributed by atoms with Gasteiger partial charge in [0.2, 0.25) is 0 Å². The molecule has 2 heterocycles. The molecule has 5 nitrogen and oxygen atoms in total. The molecule has 0 saturated carbocycles. The minimum Gasteiger partial charge on any atom is -0.508 e. The highest BCUT2D eigenvalue weighted by atomic mass is 32.2. The lowest BCUT2D eigenvalue weighted by atomic mass is 9.93. The second kappa shape index (κ2) is 12.3. The number of sulfone groups is 1. The van der Waals surface area contributed by atoms with Gasteiger partial charge in [-0.2, -0.15) is 0 Å². The fourth-order valence-electron chi connectivity index (χ4n) is 4.50. The second-order valence-electron chi connectivity index (χ2n) is 9.40. The molecule has 0 bridgehead atoms. The zero-order valence-electron chi connectivity index (χ0n) is 22.2. The van der Waals surface area contributed by atoms with Crippen molar-refractivity contribution in [3.8, 4) is 5.75 Å². The van der Waals surface area contributed by atoms with Crippen molar-refractivity contribution in [2.24, 2.45) is 0 Å². The molecular formula is C28H34O5S4. The quantitative estimate of drug-likeness (QED) is 0.321. The van der Waals surface area contributed by atoms with Crippen LogP contribution >= 0.6 is 34.4 Å². The molecule has 5 rings (SSSR count). The van der Waals surface area contributed by atoms with E-state index in [0.29, 0.717) is 23.5 Å². The van der Waals surface area contributed by atoms with E-state index in [1.807, 2.05) is 33.1 Å². The molecule has 9 heteroatoms. The molecule has 3 aromatic rings.